The van der Waals surface area contributed by atoms with Gasteiger partial charge in [-0.25, -0.2) is 36.3 Å². The first kappa shape index (κ1) is 22.3. The van der Waals surface area contributed by atoms with Crippen LogP contribution in [0.3, 0.4) is 0 Å². The van der Waals surface area contributed by atoms with E-state index in [1.807, 2.05) is 0 Å². The Morgan fingerprint density at radius 1 is 1.06 bits per heavy atom. The second-order valence-corrected chi connectivity index (χ2v) is 9.47. The predicted molar refractivity (Wildman–Crippen MR) is 113 cm³/mol. The highest BCUT2D eigenvalue weighted by molar-refractivity contribution is 7.89. The number of anilines is 2. The zero-order valence-electron chi connectivity index (χ0n) is 15.8. The minimum atomic E-state index is -3.92. The normalized spacial score (nSPS) is 11.6. The second kappa shape index (κ2) is 8.78. The van der Waals surface area contributed by atoms with Gasteiger partial charge in [-0.1, -0.05) is 24.1 Å². The Kier molecular flexibility index (Phi) is 6.32. The lowest BCUT2D eigenvalue weighted by atomic mass is 10.1. The Balaban J connectivity index is 1.96. The molecule has 1 aromatic heterocycles. The lowest BCUT2D eigenvalue weighted by Crippen LogP contribution is -2.23. The Morgan fingerprint density at radius 3 is 2.48 bits per heavy atom. The third-order valence-electron chi connectivity index (χ3n) is 3.94. The summed E-state index contributed by atoms with van der Waals surface area (Å²) < 4.78 is 64.2. The molecule has 0 fully saturated rings. The van der Waals surface area contributed by atoms with E-state index in [1.54, 1.807) is 6.07 Å². The molecule has 0 aliphatic carbocycles. The number of rotatable bonds is 7. The van der Waals surface area contributed by atoms with E-state index in [0.29, 0.717) is 5.69 Å². The molecule has 0 amide bonds. The molecule has 0 spiro atoms. The van der Waals surface area contributed by atoms with Crippen LogP contribution in [-0.2, 0) is 20.0 Å². The summed E-state index contributed by atoms with van der Waals surface area (Å²) in [5.74, 6) is 1.35. The highest BCUT2D eigenvalue weighted by Gasteiger charge is 2.17. The summed E-state index contributed by atoms with van der Waals surface area (Å²) in [5.41, 5.74) is 0.331. The van der Waals surface area contributed by atoms with Crippen LogP contribution < -0.4 is 15.2 Å². The summed E-state index contributed by atoms with van der Waals surface area (Å²) in [6.45, 7) is -0.194. The fourth-order valence-corrected chi connectivity index (χ4v) is 4.08. The molecule has 0 unspecified atom stereocenters. The SMILES string of the molecule is C#CCNS(=O)(=O)c1cccc(-c2nc(Nc3cccc(S(N)(=O)=O)c3)ncc2F)c1. The van der Waals surface area contributed by atoms with Crippen molar-refractivity contribution >= 4 is 31.7 Å². The first-order chi connectivity index (χ1) is 14.6. The molecule has 4 N–H and O–H groups in total. The maximum atomic E-state index is 14.4. The Labute approximate surface area is 178 Å². The topological polar surface area (TPSA) is 144 Å². The van der Waals surface area contributed by atoms with E-state index in [-0.39, 0.29) is 33.5 Å². The van der Waals surface area contributed by atoms with Gasteiger partial charge in [0.05, 0.1) is 22.5 Å². The number of sulfonamides is 2. The molecular formula is C19H16FN5O4S2. The van der Waals surface area contributed by atoms with E-state index in [4.69, 9.17) is 11.6 Å². The molecule has 9 nitrogen and oxygen atoms in total. The number of nitrogens with two attached hydrogens (primary N) is 1. The van der Waals surface area contributed by atoms with Gasteiger partial charge in [0.2, 0.25) is 26.0 Å². The first-order valence-corrected chi connectivity index (χ1v) is 11.6. The maximum absolute atomic E-state index is 14.4. The van der Waals surface area contributed by atoms with Crippen molar-refractivity contribution in [2.24, 2.45) is 5.14 Å². The predicted octanol–water partition coefficient (Wildman–Crippen LogP) is 1.59. The van der Waals surface area contributed by atoms with E-state index in [1.165, 1.54) is 42.5 Å². The van der Waals surface area contributed by atoms with Crippen LogP contribution in [-0.4, -0.2) is 33.3 Å². The molecule has 0 radical (unpaired) electrons. The Hall–Kier alpha value is -3.37. The van der Waals surface area contributed by atoms with Crippen molar-refractivity contribution in [3.8, 4) is 23.6 Å². The van der Waals surface area contributed by atoms with Gasteiger partial charge in [0.25, 0.3) is 0 Å². The van der Waals surface area contributed by atoms with E-state index < -0.39 is 25.9 Å². The molecule has 0 aliphatic heterocycles. The minimum absolute atomic E-state index is 0.0401. The van der Waals surface area contributed by atoms with Crippen LogP contribution in [0, 0.1) is 18.2 Å². The van der Waals surface area contributed by atoms with Gasteiger partial charge in [0.1, 0.15) is 5.69 Å². The average Bonchev–Trinajstić information content (AvgIpc) is 2.73. The van der Waals surface area contributed by atoms with Gasteiger partial charge < -0.3 is 5.32 Å². The van der Waals surface area contributed by atoms with Crippen LogP contribution in [0.1, 0.15) is 0 Å². The van der Waals surface area contributed by atoms with Crippen molar-refractivity contribution in [3.05, 3.63) is 60.5 Å². The lowest BCUT2D eigenvalue weighted by Gasteiger charge is -2.10. The van der Waals surface area contributed by atoms with Crippen LogP contribution in [0.2, 0.25) is 0 Å². The molecular weight excluding hydrogens is 445 g/mol. The van der Waals surface area contributed by atoms with Crippen LogP contribution in [0.5, 0.6) is 0 Å². The zero-order chi connectivity index (χ0) is 22.6. The molecule has 12 heteroatoms. The number of primary sulfonamides is 1. The smallest absolute Gasteiger partial charge is 0.241 e. The summed E-state index contributed by atoms with van der Waals surface area (Å²) in [4.78, 5) is 7.68. The number of nitrogens with one attached hydrogen (secondary N) is 2. The van der Waals surface area contributed by atoms with Crippen molar-refractivity contribution in [1.82, 2.24) is 14.7 Å². The molecule has 2 aromatic carbocycles. The Morgan fingerprint density at radius 2 is 1.77 bits per heavy atom. The third kappa shape index (κ3) is 5.41. The quantitative estimate of drug-likeness (QED) is 0.453. The van der Waals surface area contributed by atoms with Gasteiger partial charge in [0, 0.05) is 11.3 Å². The zero-order valence-corrected chi connectivity index (χ0v) is 17.4. The van der Waals surface area contributed by atoms with Crippen LogP contribution >= 0.6 is 0 Å². The lowest BCUT2D eigenvalue weighted by molar-refractivity contribution is 0.585. The van der Waals surface area contributed by atoms with Crippen LogP contribution in [0.15, 0.2) is 64.5 Å². The van der Waals surface area contributed by atoms with E-state index in [9.17, 15) is 21.2 Å². The molecule has 3 aromatic rings. The standard InChI is InChI=1S/C19H16FN5O4S2/c1-2-9-23-31(28,29)16-8-3-5-13(10-16)18-17(20)12-22-19(25-18)24-14-6-4-7-15(11-14)30(21,26)27/h1,3-8,10-12,23H,9H2,(H2,21,26,27)(H,22,24,25). The number of terminal acetylenes is 1. The molecule has 0 saturated carbocycles. The van der Waals surface area contributed by atoms with Gasteiger partial charge >= 0.3 is 0 Å². The largest absolute Gasteiger partial charge is 0.324 e. The van der Waals surface area contributed by atoms with Crippen molar-refractivity contribution in [2.75, 3.05) is 11.9 Å². The fraction of sp³-hybridized carbons (Fsp3) is 0.0526. The van der Waals surface area contributed by atoms with E-state index in [2.05, 4.69) is 25.9 Å². The van der Waals surface area contributed by atoms with E-state index in [0.717, 1.165) is 6.20 Å². The number of halogens is 1. The molecule has 31 heavy (non-hydrogen) atoms. The van der Waals surface area contributed by atoms with Gasteiger partial charge in [-0.2, -0.15) is 4.72 Å². The Bertz CT molecular complexity index is 1390. The molecule has 0 bridgehead atoms. The average molecular weight is 462 g/mol. The summed E-state index contributed by atoms with van der Waals surface area (Å²) in [6.07, 6.45) is 5.99. The van der Waals surface area contributed by atoms with Crippen molar-refractivity contribution in [2.45, 2.75) is 9.79 Å². The van der Waals surface area contributed by atoms with Crippen LogP contribution in [0.25, 0.3) is 11.3 Å². The number of benzene rings is 2. The number of hydrogen-bond acceptors (Lipinski definition) is 7. The summed E-state index contributed by atoms with van der Waals surface area (Å²) >= 11 is 0. The molecule has 160 valence electrons. The van der Waals surface area contributed by atoms with Crippen molar-refractivity contribution in [3.63, 3.8) is 0 Å². The second-order valence-electron chi connectivity index (χ2n) is 6.14. The highest BCUT2D eigenvalue weighted by Crippen LogP contribution is 2.25. The molecule has 0 aliphatic rings. The van der Waals surface area contributed by atoms with Crippen molar-refractivity contribution in [1.29, 1.82) is 0 Å². The molecule has 0 atom stereocenters. The van der Waals surface area contributed by atoms with E-state index >= 15 is 0 Å². The van der Waals surface area contributed by atoms with Crippen molar-refractivity contribution < 1.29 is 21.2 Å². The molecule has 3 rings (SSSR count). The first-order valence-electron chi connectivity index (χ1n) is 8.56. The molecule has 0 saturated heterocycles. The summed E-state index contributed by atoms with van der Waals surface area (Å²) in [6, 6.07) is 11.1. The number of hydrogen-bond donors (Lipinski definition) is 3. The summed E-state index contributed by atoms with van der Waals surface area (Å²) in [7, 11) is -7.80. The van der Waals surface area contributed by atoms with Gasteiger partial charge in [-0.15, -0.1) is 6.42 Å². The molecule has 1 heterocycles. The minimum Gasteiger partial charge on any atom is -0.324 e. The number of nitrogens with zero attached hydrogens (tertiary/aromatic N) is 2. The monoisotopic (exact) mass is 461 g/mol. The third-order valence-corrected chi connectivity index (χ3v) is 6.25. The van der Waals surface area contributed by atoms with Crippen LogP contribution in [0.4, 0.5) is 16.0 Å². The highest BCUT2D eigenvalue weighted by atomic mass is 32.2. The van der Waals surface area contributed by atoms with Gasteiger partial charge in [0.15, 0.2) is 5.82 Å². The summed E-state index contributed by atoms with van der Waals surface area (Å²) in [5, 5.41) is 7.88. The maximum Gasteiger partial charge on any atom is 0.241 e. The fourth-order valence-electron chi connectivity index (χ4n) is 2.54. The number of aromatic nitrogens is 2. The van der Waals surface area contributed by atoms with Gasteiger partial charge in [-0.05, 0) is 30.3 Å². The van der Waals surface area contributed by atoms with Gasteiger partial charge in [-0.3, -0.25) is 0 Å².